The molecule has 3 N–H and O–H groups in total. The van der Waals surface area contributed by atoms with Gasteiger partial charge in [-0.3, -0.25) is 11.3 Å². The first-order valence-corrected chi connectivity index (χ1v) is 7.84. The number of rotatable bonds is 7. The zero-order chi connectivity index (χ0) is 13.7. The van der Waals surface area contributed by atoms with Crippen LogP contribution >= 0.6 is 0 Å². The molecule has 0 radical (unpaired) electrons. The van der Waals surface area contributed by atoms with Gasteiger partial charge in [0.2, 0.25) is 0 Å². The fourth-order valence-electron chi connectivity index (χ4n) is 2.01. The van der Waals surface area contributed by atoms with Crippen molar-refractivity contribution in [1.82, 2.24) is 5.43 Å². The molecular formula is C11H26N2O3S. The zero-order valence-corrected chi connectivity index (χ0v) is 12.3. The molecule has 0 bridgehead atoms. The van der Waals surface area contributed by atoms with Crippen molar-refractivity contribution in [2.45, 2.75) is 45.8 Å². The summed E-state index contributed by atoms with van der Waals surface area (Å²) in [5.41, 5.74) is 2.68. The van der Waals surface area contributed by atoms with Crippen LogP contribution in [0.2, 0.25) is 0 Å². The Labute approximate surface area is 105 Å². The molecule has 0 aliphatic carbocycles. The van der Waals surface area contributed by atoms with Gasteiger partial charge in [-0.1, -0.05) is 20.8 Å². The topological polar surface area (TPSA) is 81.4 Å². The minimum absolute atomic E-state index is 0.0400. The van der Waals surface area contributed by atoms with Crippen molar-refractivity contribution in [1.29, 1.82) is 0 Å². The molecule has 0 aromatic heterocycles. The number of hydrogen-bond acceptors (Lipinski definition) is 5. The van der Waals surface area contributed by atoms with Crippen LogP contribution in [0.3, 0.4) is 0 Å². The van der Waals surface area contributed by atoms with Crippen LogP contribution in [0.1, 0.15) is 33.6 Å². The molecule has 0 aliphatic rings. The number of sulfone groups is 1. The zero-order valence-electron chi connectivity index (χ0n) is 11.5. The first-order chi connectivity index (χ1) is 7.61. The van der Waals surface area contributed by atoms with E-state index in [1.54, 1.807) is 7.11 Å². The van der Waals surface area contributed by atoms with Gasteiger partial charge in [-0.25, -0.2) is 8.42 Å². The van der Waals surface area contributed by atoms with Crippen molar-refractivity contribution in [3.63, 3.8) is 0 Å². The van der Waals surface area contributed by atoms with E-state index in [1.807, 2.05) is 0 Å². The maximum atomic E-state index is 11.1. The predicted octanol–water partition coefficient (Wildman–Crippen LogP) is 0.704. The Morgan fingerprint density at radius 1 is 1.35 bits per heavy atom. The average Bonchev–Trinajstić information content (AvgIpc) is 2.12. The van der Waals surface area contributed by atoms with Crippen molar-refractivity contribution >= 4 is 9.84 Å². The smallest absolute Gasteiger partial charge is 0.147 e. The summed E-state index contributed by atoms with van der Waals surface area (Å²) in [4.78, 5) is 0. The second-order valence-electron chi connectivity index (χ2n) is 5.57. The summed E-state index contributed by atoms with van der Waals surface area (Å²) < 4.78 is 27.6. The summed E-state index contributed by atoms with van der Waals surface area (Å²) >= 11 is 0. The van der Waals surface area contributed by atoms with E-state index in [-0.39, 0.29) is 23.3 Å². The van der Waals surface area contributed by atoms with Crippen LogP contribution in [0.25, 0.3) is 0 Å². The first-order valence-electron chi connectivity index (χ1n) is 5.78. The number of nitrogens with one attached hydrogen (secondary N) is 1. The predicted molar refractivity (Wildman–Crippen MR) is 70.3 cm³/mol. The second-order valence-corrected chi connectivity index (χ2v) is 7.83. The minimum Gasteiger partial charge on any atom is -0.379 e. The fourth-order valence-corrected chi connectivity index (χ4v) is 2.70. The van der Waals surface area contributed by atoms with Crippen molar-refractivity contribution in [3.05, 3.63) is 0 Å². The molecular weight excluding hydrogens is 240 g/mol. The van der Waals surface area contributed by atoms with Crippen LogP contribution in [-0.4, -0.2) is 39.7 Å². The Morgan fingerprint density at radius 2 is 1.88 bits per heavy atom. The molecule has 0 amide bonds. The van der Waals surface area contributed by atoms with Crippen molar-refractivity contribution < 1.29 is 13.2 Å². The summed E-state index contributed by atoms with van der Waals surface area (Å²) in [6, 6.07) is -0.0400. The Balaban J connectivity index is 4.41. The van der Waals surface area contributed by atoms with E-state index in [9.17, 15) is 8.42 Å². The van der Waals surface area contributed by atoms with Gasteiger partial charge in [0, 0.05) is 25.2 Å². The lowest BCUT2D eigenvalue weighted by Crippen LogP contribution is -2.50. The van der Waals surface area contributed by atoms with Crippen LogP contribution in [0.5, 0.6) is 0 Å². The molecule has 0 fully saturated rings. The van der Waals surface area contributed by atoms with Crippen LogP contribution in [0.15, 0.2) is 0 Å². The molecule has 6 heteroatoms. The van der Waals surface area contributed by atoms with Crippen molar-refractivity contribution in [2.24, 2.45) is 11.3 Å². The van der Waals surface area contributed by atoms with E-state index in [1.165, 1.54) is 6.26 Å². The molecule has 2 unspecified atom stereocenters. The molecule has 0 saturated carbocycles. The van der Waals surface area contributed by atoms with Crippen molar-refractivity contribution in [3.8, 4) is 0 Å². The molecule has 0 aliphatic heterocycles. The van der Waals surface area contributed by atoms with Crippen LogP contribution in [-0.2, 0) is 14.6 Å². The number of nitrogens with two attached hydrogens (primary N) is 1. The van der Waals surface area contributed by atoms with Crippen molar-refractivity contribution in [2.75, 3.05) is 19.1 Å². The molecule has 104 valence electrons. The summed E-state index contributed by atoms with van der Waals surface area (Å²) in [5.74, 6) is 5.70. The van der Waals surface area contributed by atoms with Gasteiger partial charge in [0.25, 0.3) is 0 Å². The van der Waals surface area contributed by atoms with E-state index >= 15 is 0 Å². The van der Waals surface area contributed by atoms with Gasteiger partial charge in [0.1, 0.15) is 9.84 Å². The van der Waals surface area contributed by atoms with Gasteiger partial charge in [-0.2, -0.15) is 0 Å². The molecule has 0 rings (SSSR count). The molecule has 0 heterocycles. The highest BCUT2D eigenvalue weighted by atomic mass is 32.2. The number of hydrazine groups is 1. The minimum atomic E-state index is -2.91. The fraction of sp³-hybridized carbons (Fsp3) is 1.00. The van der Waals surface area contributed by atoms with Crippen LogP contribution in [0, 0.1) is 5.41 Å². The Kier molecular flexibility index (Phi) is 6.61. The summed E-state index contributed by atoms with van der Waals surface area (Å²) in [6.07, 6.45) is 2.46. The molecule has 0 aromatic rings. The highest BCUT2D eigenvalue weighted by Crippen LogP contribution is 2.26. The lowest BCUT2D eigenvalue weighted by Gasteiger charge is -2.35. The Bertz CT molecular complexity index is 309. The average molecular weight is 266 g/mol. The normalized spacial score (nSPS) is 16.8. The molecule has 5 nitrogen and oxygen atoms in total. The van der Waals surface area contributed by atoms with E-state index in [4.69, 9.17) is 10.6 Å². The van der Waals surface area contributed by atoms with E-state index in [0.29, 0.717) is 12.8 Å². The van der Waals surface area contributed by atoms with Gasteiger partial charge in [-0.15, -0.1) is 0 Å². The van der Waals surface area contributed by atoms with E-state index in [0.717, 1.165) is 0 Å². The van der Waals surface area contributed by atoms with Gasteiger partial charge >= 0.3 is 0 Å². The summed E-state index contributed by atoms with van der Waals surface area (Å²) in [7, 11) is -1.26. The standard InChI is InChI=1S/C11H26N2O3S/c1-11(2,3)10(16-4)9(13-12)7-6-8-17(5,14)15/h9-10,13H,6-8,12H2,1-5H3. The third kappa shape index (κ3) is 6.98. The van der Waals surface area contributed by atoms with E-state index in [2.05, 4.69) is 26.2 Å². The molecule has 0 spiro atoms. The maximum Gasteiger partial charge on any atom is 0.147 e. The van der Waals surface area contributed by atoms with Crippen LogP contribution in [0.4, 0.5) is 0 Å². The lowest BCUT2D eigenvalue weighted by atomic mass is 9.83. The maximum absolute atomic E-state index is 11.1. The SMILES string of the molecule is COC(C(CCCS(C)(=O)=O)NN)C(C)(C)C. The monoisotopic (exact) mass is 266 g/mol. The number of ether oxygens (including phenoxy) is 1. The number of hydrogen-bond donors (Lipinski definition) is 2. The van der Waals surface area contributed by atoms with Crippen LogP contribution < -0.4 is 11.3 Å². The second kappa shape index (κ2) is 6.68. The third-order valence-corrected chi connectivity index (χ3v) is 3.75. The van der Waals surface area contributed by atoms with Gasteiger partial charge in [0.05, 0.1) is 6.10 Å². The van der Waals surface area contributed by atoms with Gasteiger partial charge in [0.15, 0.2) is 0 Å². The quantitative estimate of drug-likeness (QED) is 0.524. The summed E-state index contributed by atoms with van der Waals surface area (Å²) in [6.45, 7) is 6.21. The molecule has 0 aromatic carbocycles. The molecule has 0 saturated heterocycles. The Morgan fingerprint density at radius 3 is 2.18 bits per heavy atom. The Hall–Kier alpha value is -0.170. The highest BCUT2D eigenvalue weighted by Gasteiger charge is 2.31. The first kappa shape index (κ1) is 16.8. The molecule has 2 atom stereocenters. The number of methoxy groups -OCH3 is 1. The summed E-state index contributed by atoms with van der Waals surface area (Å²) in [5, 5.41) is 0. The highest BCUT2D eigenvalue weighted by molar-refractivity contribution is 7.90. The largest absolute Gasteiger partial charge is 0.379 e. The van der Waals surface area contributed by atoms with Gasteiger partial charge < -0.3 is 4.74 Å². The third-order valence-electron chi connectivity index (χ3n) is 2.72. The molecule has 17 heavy (non-hydrogen) atoms. The lowest BCUT2D eigenvalue weighted by molar-refractivity contribution is -0.0132. The van der Waals surface area contributed by atoms with Gasteiger partial charge in [-0.05, 0) is 18.3 Å². The van der Waals surface area contributed by atoms with E-state index < -0.39 is 9.84 Å².